The van der Waals surface area contributed by atoms with Crippen LogP contribution in [0.5, 0.6) is 0 Å². The third kappa shape index (κ3) is 14.1. The maximum atomic E-state index is 11.7. The number of methoxy groups -OCH3 is 1. The average Bonchev–Trinajstić information content (AvgIpc) is 2.14. The molecule has 0 saturated heterocycles. The van der Waals surface area contributed by atoms with Gasteiger partial charge in [-0.1, -0.05) is 18.2 Å². The quantitative estimate of drug-likeness (QED) is 0.631. The van der Waals surface area contributed by atoms with Gasteiger partial charge in [-0.25, -0.2) is 0 Å². The number of halogens is 3. The van der Waals surface area contributed by atoms with E-state index < -0.39 is 5.51 Å². The van der Waals surface area contributed by atoms with E-state index in [2.05, 4.69) is 5.32 Å². The maximum absolute atomic E-state index is 11.7. The Balaban J connectivity index is 2.99. The highest BCUT2D eigenvalue weighted by atomic mass is 32.2. The molecule has 0 radical (unpaired) electrons. The van der Waals surface area contributed by atoms with Gasteiger partial charge >= 0.3 is 5.51 Å². The molecule has 0 spiro atoms. The van der Waals surface area contributed by atoms with Gasteiger partial charge in [0.1, 0.15) is 0 Å². The minimum Gasteiger partial charge on any atom is -0.383 e. The van der Waals surface area contributed by atoms with Gasteiger partial charge in [-0.3, -0.25) is 0 Å². The third-order valence-electron chi connectivity index (χ3n) is 1.75. The highest BCUT2D eigenvalue weighted by Crippen LogP contribution is 2.30. The molecule has 0 bridgehead atoms. The lowest BCUT2D eigenvalue weighted by Crippen LogP contribution is -2.20. The molecular formula is C9H18F3NOS. The van der Waals surface area contributed by atoms with E-state index in [1.165, 1.54) is 0 Å². The van der Waals surface area contributed by atoms with Gasteiger partial charge in [-0.05, 0) is 19.4 Å². The van der Waals surface area contributed by atoms with Crippen molar-refractivity contribution < 1.29 is 17.9 Å². The summed E-state index contributed by atoms with van der Waals surface area (Å²) in [7, 11) is 1.63. The zero-order valence-electron chi connectivity index (χ0n) is 8.90. The number of thioether (sulfide) groups is 1. The zero-order valence-corrected chi connectivity index (χ0v) is 9.72. The first-order valence-electron chi connectivity index (χ1n) is 4.96. The summed E-state index contributed by atoms with van der Waals surface area (Å²) in [4.78, 5) is 0. The van der Waals surface area contributed by atoms with Crippen LogP contribution in [0, 0.1) is 0 Å². The molecule has 0 aliphatic heterocycles. The van der Waals surface area contributed by atoms with Crippen molar-refractivity contribution in [3.63, 3.8) is 0 Å². The van der Waals surface area contributed by atoms with Gasteiger partial charge < -0.3 is 10.1 Å². The van der Waals surface area contributed by atoms with Crippen LogP contribution >= 0.6 is 11.8 Å². The second-order valence-electron chi connectivity index (χ2n) is 3.10. The van der Waals surface area contributed by atoms with E-state index in [1.54, 1.807) is 7.11 Å². The number of alkyl halides is 3. The van der Waals surface area contributed by atoms with Crippen LogP contribution in [0.4, 0.5) is 13.2 Å². The summed E-state index contributed by atoms with van der Waals surface area (Å²) >= 11 is 0.0651. The molecular weight excluding hydrogens is 227 g/mol. The lowest BCUT2D eigenvalue weighted by molar-refractivity contribution is -0.0328. The third-order valence-corrected chi connectivity index (χ3v) is 2.57. The van der Waals surface area contributed by atoms with Crippen molar-refractivity contribution in [3.05, 3.63) is 0 Å². The number of hydrogen-bond acceptors (Lipinski definition) is 3. The standard InChI is InChI=1S/C9H18F3NOS/c1-14-7-6-13-5-3-2-4-8-15-9(10,11)12/h13H,2-8H2,1H3. The molecule has 0 aromatic rings. The van der Waals surface area contributed by atoms with Crippen molar-refractivity contribution in [2.75, 3.05) is 32.6 Å². The number of ether oxygens (including phenoxy) is 1. The van der Waals surface area contributed by atoms with Crippen molar-refractivity contribution in [1.29, 1.82) is 0 Å². The highest BCUT2D eigenvalue weighted by molar-refractivity contribution is 8.00. The summed E-state index contributed by atoms with van der Waals surface area (Å²) in [5, 5.41) is 3.14. The zero-order chi connectivity index (χ0) is 11.6. The van der Waals surface area contributed by atoms with Crippen molar-refractivity contribution in [1.82, 2.24) is 5.32 Å². The topological polar surface area (TPSA) is 21.3 Å². The average molecular weight is 245 g/mol. The fourth-order valence-corrected chi connectivity index (χ4v) is 1.60. The predicted molar refractivity (Wildman–Crippen MR) is 57.1 cm³/mol. The molecule has 6 heteroatoms. The van der Waals surface area contributed by atoms with E-state index in [4.69, 9.17) is 4.74 Å². The summed E-state index contributed by atoms with van der Waals surface area (Å²) in [5.74, 6) is 0.168. The Labute approximate surface area is 92.9 Å². The molecule has 0 aliphatic carbocycles. The van der Waals surface area contributed by atoms with Gasteiger partial charge in [0.2, 0.25) is 0 Å². The van der Waals surface area contributed by atoms with Crippen molar-refractivity contribution in [3.8, 4) is 0 Å². The van der Waals surface area contributed by atoms with Gasteiger partial charge in [0.05, 0.1) is 6.61 Å². The van der Waals surface area contributed by atoms with Crippen LogP contribution in [-0.4, -0.2) is 38.1 Å². The van der Waals surface area contributed by atoms with E-state index in [0.29, 0.717) is 13.0 Å². The molecule has 92 valence electrons. The van der Waals surface area contributed by atoms with Crippen molar-refractivity contribution in [2.24, 2.45) is 0 Å². The fourth-order valence-electron chi connectivity index (χ4n) is 1.02. The van der Waals surface area contributed by atoms with Crippen LogP contribution in [0.2, 0.25) is 0 Å². The normalized spacial score (nSPS) is 12.0. The molecule has 0 atom stereocenters. The molecule has 0 aliphatic rings. The molecule has 15 heavy (non-hydrogen) atoms. The molecule has 2 nitrogen and oxygen atoms in total. The molecule has 0 unspecified atom stereocenters. The molecule has 0 heterocycles. The molecule has 0 fully saturated rings. The lowest BCUT2D eigenvalue weighted by Gasteiger charge is -2.05. The SMILES string of the molecule is COCCNCCCCCSC(F)(F)F. The Morgan fingerprint density at radius 1 is 1.13 bits per heavy atom. The maximum Gasteiger partial charge on any atom is 0.441 e. The van der Waals surface area contributed by atoms with Gasteiger partial charge in [-0.2, -0.15) is 13.2 Å². The minimum atomic E-state index is -4.07. The van der Waals surface area contributed by atoms with Gasteiger partial charge in [0, 0.05) is 19.4 Å². The number of nitrogens with one attached hydrogen (secondary N) is 1. The largest absolute Gasteiger partial charge is 0.441 e. The van der Waals surface area contributed by atoms with Crippen LogP contribution in [-0.2, 0) is 4.74 Å². The Bertz CT molecular complexity index is 144. The molecule has 0 rings (SSSR count). The summed E-state index contributed by atoms with van der Waals surface area (Å²) < 4.78 is 40.0. The predicted octanol–water partition coefficient (Wildman–Crippen LogP) is 2.65. The Kier molecular flexibility index (Phi) is 9.33. The molecule has 0 aromatic heterocycles. The van der Waals surface area contributed by atoms with Gasteiger partial charge in [0.15, 0.2) is 0 Å². The first kappa shape index (κ1) is 15.1. The number of rotatable bonds is 9. The minimum absolute atomic E-state index is 0.0651. The van der Waals surface area contributed by atoms with Crippen molar-refractivity contribution in [2.45, 2.75) is 24.8 Å². The van der Waals surface area contributed by atoms with E-state index >= 15 is 0 Å². The van der Waals surface area contributed by atoms with E-state index in [0.717, 1.165) is 25.9 Å². The summed E-state index contributed by atoms with van der Waals surface area (Å²) in [5.41, 5.74) is -4.07. The van der Waals surface area contributed by atoms with E-state index in [9.17, 15) is 13.2 Å². The molecule has 0 aromatic carbocycles. The van der Waals surface area contributed by atoms with Crippen molar-refractivity contribution >= 4 is 11.8 Å². The van der Waals surface area contributed by atoms with Gasteiger partial charge in [0.25, 0.3) is 0 Å². The summed E-state index contributed by atoms with van der Waals surface area (Å²) in [6.07, 6.45) is 2.38. The van der Waals surface area contributed by atoms with Crippen LogP contribution in [0.3, 0.4) is 0 Å². The summed E-state index contributed by atoms with van der Waals surface area (Å²) in [6, 6.07) is 0. The summed E-state index contributed by atoms with van der Waals surface area (Å²) in [6.45, 7) is 2.32. The second-order valence-corrected chi connectivity index (χ2v) is 4.26. The second kappa shape index (κ2) is 9.30. The lowest BCUT2D eigenvalue weighted by atomic mass is 10.2. The highest BCUT2D eigenvalue weighted by Gasteiger charge is 2.27. The van der Waals surface area contributed by atoms with E-state index in [-0.39, 0.29) is 17.5 Å². The number of hydrogen-bond donors (Lipinski definition) is 1. The fraction of sp³-hybridized carbons (Fsp3) is 1.00. The smallest absolute Gasteiger partial charge is 0.383 e. The Morgan fingerprint density at radius 3 is 2.47 bits per heavy atom. The Hall–Kier alpha value is 0.0600. The Morgan fingerprint density at radius 2 is 1.87 bits per heavy atom. The van der Waals surface area contributed by atoms with Crippen LogP contribution in [0.15, 0.2) is 0 Å². The van der Waals surface area contributed by atoms with Gasteiger partial charge in [-0.15, -0.1) is 0 Å². The molecule has 1 N–H and O–H groups in total. The molecule has 0 amide bonds. The number of unbranched alkanes of at least 4 members (excludes halogenated alkanes) is 2. The van der Waals surface area contributed by atoms with E-state index in [1.807, 2.05) is 0 Å². The van der Waals surface area contributed by atoms with Crippen LogP contribution < -0.4 is 5.32 Å². The van der Waals surface area contributed by atoms with Crippen LogP contribution in [0.25, 0.3) is 0 Å². The first-order chi connectivity index (χ1) is 7.06. The monoisotopic (exact) mass is 245 g/mol. The first-order valence-corrected chi connectivity index (χ1v) is 5.95. The molecule has 0 saturated carbocycles. The van der Waals surface area contributed by atoms with Crippen LogP contribution in [0.1, 0.15) is 19.3 Å².